The first-order valence-corrected chi connectivity index (χ1v) is 9.11. The molecular weight excluding hydrogens is 234 g/mol. The standard InChI is InChI=1S/C12H23NO3Si/c1-11(2,3)15-10(14)8-12(4,9-13)16-17(5,6)7/h8H2,1-7H3/t12-/m1/s1. The quantitative estimate of drug-likeness (QED) is 0.574. The maximum Gasteiger partial charge on any atom is 0.310 e. The van der Waals surface area contributed by atoms with E-state index < -0.39 is 25.5 Å². The summed E-state index contributed by atoms with van der Waals surface area (Å²) in [5, 5.41) is 9.14. The van der Waals surface area contributed by atoms with Gasteiger partial charge in [-0.15, -0.1) is 0 Å². The van der Waals surface area contributed by atoms with Crippen molar-refractivity contribution in [1.29, 1.82) is 5.26 Å². The number of ether oxygens (including phenoxy) is 1. The SMILES string of the molecule is CC(C)(C)OC(=O)C[C@](C)(C#N)O[Si](C)(C)C. The van der Waals surface area contributed by atoms with Crippen LogP contribution < -0.4 is 0 Å². The molecule has 0 aromatic carbocycles. The highest BCUT2D eigenvalue weighted by atomic mass is 28.4. The van der Waals surface area contributed by atoms with E-state index in [2.05, 4.69) is 6.07 Å². The van der Waals surface area contributed by atoms with Crippen LogP contribution in [0.4, 0.5) is 0 Å². The van der Waals surface area contributed by atoms with Crippen molar-refractivity contribution in [2.75, 3.05) is 0 Å². The molecule has 0 saturated heterocycles. The number of carbonyl (C=O) groups excluding carboxylic acids is 1. The largest absolute Gasteiger partial charge is 0.460 e. The summed E-state index contributed by atoms with van der Waals surface area (Å²) in [6, 6.07) is 2.06. The van der Waals surface area contributed by atoms with E-state index in [1.54, 1.807) is 27.7 Å². The average Bonchev–Trinajstić information content (AvgIpc) is 1.95. The van der Waals surface area contributed by atoms with E-state index in [4.69, 9.17) is 14.4 Å². The second-order valence-corrected chi connectivity index (χ2v) is 10.7. The van der Waals surface area contributed by atoms with Crippen LogP contribution in [0.3, 0.4) is 0 Å². The summed E-state index contributed by atoms with van der Waals surface area (Å²) in [5.41, 5.74) is -1.63. The van der Waals surface area contributed by atoms with Crippen LogP contribution in [-0.2, 0) is 14.0 Å². The molecule has 0 N–H and O–H groups in total. The van der Waals surface area contributed by atoms with E-state index in [9.17, 15) is 4.79 Å². The minimum absolute atomic E-state index is 0.0367. The zero-order valence-corrected chi connectivity index (χ0v) is 12.9. The summed E-state index contributed by atoms with van der Waals surface area (Å²) in [5.74, 6) is -0.403. The molecule has 0 fully saturated rings. The van der Waals surface area contributed by atoms with E-state index in [-0.39, 0.29) is 6.42 Å². The van der Waals surface area contributed by atoms with Crippen molar-refractivity contribution in [2.45, 2.75) is 65.0 Å². The molecule has 17 heavy (non-hydrogen) atoms. The molecular formula is C12H23NO3Si. The minimum atomic E-state index is -1.87. The molecule has 0 rings (SSSR count). The molecule has 98 valence electrons. The Labute approximate surface area is 105 Å². The fourth-order valence-corrected chi connectivity index (χ4v) is 2.90. The van der Waals surface area contributed by atoms with Crippen LogP contribution in [0, 0.1) is 11.3 Å². The van der Waals surface area contributed by atoms with Crippen LogP contribution in [0.25, 0.3) is 0 Å². The Morgan fingerprint density at radius 1 is 1.24 bits per heavy atom. The van der Waals surface area contributed by atoms with E-state index in [1.807, 2.05) is 19.6 Å². The first kappa shape index (κ1) is 16.1. The van der Waals surface area contributed by atoms with Crippen molar-refractivity contribution in [3.8, 4) is 6.07 Å². The molecule has 0 aliphatic carbocycles. The summed E-state index contributed by atoms with van der Waals surface area (Å²) in [4.78, 5) is 11.7. The molecule has 1 atom stereocenters. The summed E-state index contributed by atoms with van der Waals surface area (Å²) in [7, 11) is -1.87. The average molecular weight is 257 g/mol. The summed E-state index contributed by atoms with van der Waals surface area (Å²) < 4.78 is 10.9. The third-order valence-corrected chi connectivity index (χ3v) is 2.73. The monoisotopic (exact) mass is 257 g/mol. The van der Waals surface area contributed by atoms with Gasteiger partial charge in [-0.1, -0.05) is 0 Å². The second-order valence-electron chi connectivity index (χ2n) is 6.32. The molecule has 0 radical (unpaired) electrons. The number of hydrogen-bond donors (Lipinski definition) is 0. The summed E-state index contributed by atoms with van der Waals surface area (Å²) in [6.07, 6.45) is -0.0367. The minimum Gasteiger partial charge on any atom is -0.460 e. The van der Waals surface area contributed by atoms with E-state index in [0.29, 0.717) is 0 Å². The predicted octanol–water partition coefficient (Wildman–Crippen LogP) is 2.85. The number of nitriles is 1. The van der Waals surface area contributed by atoms with Crippen LogP contribution in [0.5, 0.6) is 0 Å². The highest BCUT2D eigenvalue weighted by Gasteiger charge is 2.35. The van der Waals surface area contributed by atoms with Gasteiger partial charge in [0.25, 0.3) is 0 Å². The van der Waals surface area contributed by atoms with Gasteiger partial charge >= 0.3 is 5.97 Å². The molecule has 0 aliphatic rings. The molecule has 0 aliphatic heterocycles. The smallest absolute Gasteiger partial charge is 0.310 e. The van der Waals surface area contributed by atoms with Crippen molar-refractivity contribution in [1.82, 2.24) is 0 Å². The molecule has 5 heteroatoms. The molecule has 0 aromatic heterocycles. The lowest BCUT2D eigenvalue weighted by Gasteiger charge is -2.30. The van der Waals surface area contributed by atoms with Gasteiger partial charge in [-0.3, -0.25) is 4.79 Å². The lowest BCUT2D eigenvalue weighted by atomic mass is 10.1. The Bertz CT molecular complexity index is 322. The molecule has 0 heterocycles. The molecule has 0 bridgehead atoms. The van der Waals surface area contributed by atoms with E-state index >= 15 is 0 Å². The fourth-order valence-electron chi connectivity index (χ4n) is 1.43. The third kappa shape index (κ3) is 7.94. The first-order chi connectivity index (χ1) is 7.37. The number of hydrogen-bond acceptors (Lipinski definition) is 4. The first-order valence-electron chi connectivity index (χ1n) is 5.70. The van der Waals surface area contributed by atoms with Crippen molar-refractivity contribution in [3.05, 3.63) is 0 Å². The van der Waals surface area contributed by atoms with Gasteiger partial charge in [0.2, 0.25) is 0 Å². The van der Waals surface area contributed by atoms with Gasteiger partial charge in [0.05, 0.1) is 12.5 Å². The number of carbonyl (C=O) groups is 1. The Morgan fingerprint density at radius 2 is 1.71 bits per heavy atom. The number of esters is 1. The normalized spacial score (nSPS) is 15.9. The lowest BCUT2D eigenvalue weighted by Crippen LogP contribution is -2.42. The summed E-state index contributed by atoms with van der Waals surface area (Å²) >= 11 is 0. The Balaban J connectivity index is 4.61. The predicted molar refractivity (Wildman–Crippen MR) is 68.9 cm³/mol. The molecule has 0 saturated carbocycles. The Hall–Kier alpha value is -0.863. The van der Waals surface area contributed by atoms with Crippen molar-refractivity contribution in [2.24, 2.45) is 0 Å². The van der Waals surface area contributed by atoms with Crippen molar-refractivity contribution >= 4 is 14.3 Å². The third-order valence-electron chi connectivity index (χ3n) is 1.67. The van der Waals surface area contributed by atoms with Gasteiger partial charge < -0.3 is 9.16 Å². The van der Waals surface area contributed by atoms with Gasteiger partial charge in [-0.05, 0) is 47.3 Å². The van der Waals surface area contributed by atoms with Crippen LogP contribution in [-0.4, -0.2) is 25.5 Å². The highest BCUT2D eigenvalue weighted by molar-refractivity contribution is 6.69. The Kier molecular flexibility index (Phi) is 4.93. The second kappa shape index (κ2) is 5.19. The molecule has 0 amide bonds. The Morgan fingerprint density at radius 3 is 2.00 bits per heavy atom. The molecule has 0 aromatic rings. The van der Waals surface area contributed by atoms with Gasteiger partial charge in [0.15, 0.2) is 13.9 Å². The number of nitrogens with zero attached hydrogens (tertiary/aromatic N) is 1. The lowest BCUT2D eigenvalue weighted by molar-refractivity contribution is -0.157. The van der Waals surface area contributed by atoms with Crippen LogP contribution >= 0.6 is 0 Å². The number of rotatable bonds is 4. The zero-order valence-electron chi connectivity index (χ0n) is 11.9. The topological polar surface area (TPSA) is 59.3 Å². The van der Waals surface area contributed by atoms with Gasteiger partial charge in [0, 0.05) is 0 Å². The maximum atomic E-state index is 11.7. The van der Waals surface area contributed by atoms with Crippen LogP contribution in [0.2, 0.25) is 19.6 Å². The van der Waals surface area contributed by atoms with Crippen molar-refractivity contribution < 1.29 is 14.0 Å². The maximum absolute atomic E-state index is 11.7. The fraction of sp³-hybridized carbons (Fsp3) is 0.833. The van der Waals surface area contributed by atoms with E-state index in [0.717, 1.165) is 0 Å². The zero-order chi connectivity index (χ0) is 13.9. The van der Waals surface area contributed by atoms with Gasteiger partial charge in [0.1, 0.15) is 5.60 Å². The molecule has 0 spiro atoms. The van der Waals surface area contributed by atoms with E-state index in [1.165, 1.54) is 0 Å². The van der Waals surface area contributed by atoms with Gasteiger partial charge in [-0.2, -0.15) is 5.26 Å². The van der Waals surface area contributed by atoms with Crippen LogP contribution in [0.15, 0.2) is 0 Å². The highest BCUT2D eigenvalue weighted by Crippen LogP contribution is 2.22. The van der Waals surface area contributed by atoms with Crippen molar-refractivity contribution in [3.63, 3.8) is 0 Å². The summed E-state index contributed by atoms with van der Waals surface area (Å²) in [6.45, 7) is 13.0. The molecule has 0 unspecified atom stereocenters. The molecule has 4 nitrogen and oxygen atoms in total. The van der Waals surface area contributed by atoms with Gasteiger partial charge in [-0.25, -0.2) is 0 Å². The van der Waals surface area contributed by atoms with Crippen LogP contribution in [0.1, 0.15) is 34.1 Å².